The van der Waals surface area contributed by atoms with Crippen LogP contribution in [-0.4, -0.2) is 48.1 Å². The molecule has 4 unspecified atom stereocenters. The summed E-state index contributed by atoms with van der Waals surface area (Å²) < 4.78 is 43.8. The van der Waals surface area contributed by atoms with Crippen molar-refractivity contribution < 1.29 is 36.6 Å². The molecule has 0 spiro atoms. The van der Waals surface area contributed by atoms with Crippen molar-refractivity contribution in [2.24, 2.45) is 45.8 Å². The van der Waals surface area contributed by atoms with Crippen LogP contribution in [0.2, 0.25) is 0 Å². The number of hydrogen-bond acceptors (Lipinski definition) is 7. The molecule has 2 N–H and O–H groups in total. The third-order valence-corrected chi connectivity index (χ3v) is 12.1. The molecule has 0 aromatic carbocycles. The summed E-state index contributed by atoms with van der Waals surface area (Å²) in [7, 11) is -4.79. The number of fused-ring (bicyclic) bond motifs is 4. The number of aliphatic hydroxyl groups excluding tert-OH is 1. The number of rotatable bonds is 8. The summed E-state index contributed by atoms with van der Waals surface area (Å²) in [5.74, 6) is 0.139. The summed E-state index contributed by atoms with van der Waals surface area (Å²) in [4.78, 5) is 27.1. The summed E-state index contributed by atoms with van der Waals surface area (Å²) >= 11 is 0. The van der Waals surface area contributed by atoms with E-state index in [9.17, 15) is 27.7 Å². The van der Waals surface area contributed by atoms with Gasteiger partial charge in [-0.25, -0.2) is 4.18 Å². The fourth-order valence-corrected chi connectivity index (χ4v) is 10.4. The number of hydrogen-bond donors (Lipinski definition) is 2. The Kier molecular flexibility index (Phi) is 8.58. The van der Waals surface area contributed by atoms with Gasteiger partial charge in [0.2, 0.25) is 5.78 Å². The zero-order valence-electron chi connectivity index (χ0n) is 26.0. The molecule has 232 valence electrons. The Balaban J connectivity index is 1.77. The minimum atomic E-state index is -4.79. The maximum Gasteiger partial charge on any atom is 0.397 e. The van der Waals surface area contributed by atoms with Crippen molar-refractivity contribution in [3.8, 4) is 0 Å². The fourth-order valence-electron chi connectivity index (χ4n) is 9.78. The number of esters is 1. The molecule has 9 heteroatoms. The van der Waals surface area contributed by atoms with Gasteiger partial charge >= 0.3 is 16.4 Å². The van der Waals surface area contributed by atoms with Crippen molar-refractivity contribution in [1.82, 2.24) is 0 Å². The minimum absolute atomic E-state index is 0.0742. The smallest absolute Gasteiger partial charge is 0.397 e. The highest BCUT2D eigenvalue weighted by molar-refractivity contribution is 7.80. The Morgan fingerprint density at radius 1 is 1.12 bits per heavy atom. The molecule has 0 aliphatic heterocycles. The van der Waals surface area contributed by atoms with Gasteiger partial charge in [-0.3, -0.25) is 14.1 Å². The van der Waals surface area contributed by atoms with Crippen molar-refractivity contribution in [3.63, 3.8) is 0 Å². The molecular formula is C32H50O8S. The van der Waals surface area contributed by atoms with Crippen molar-refractivity contribution in [3.05, 3.63) is 23.3 Å². The quantitative estimate of drug-likeness (QED) is 0.203. The van der Waals surface area contributed by atoms with Gasteiger partial charge in [-0.1, -0.05) is 66.2 Å². The molecule has 4 aliphatic carbocycles. The van der Waals surface area contributed by atoms with Crippen LogP contribution in [0.4, 0.5) is 0 Å². The molecule has 0 saturated heterocycles. The van der Waals surface area contributed by atoms with Crippen molar-refractivity contribution in [2.75, 3.05) is 0 Å². The molecule has 0 heterocycles. The van der Waals surface area contributed by atoms with Crippen LogP contribution in [0.25, 0.3) is 0 Å². The average molecular weight is 595 g/mol. The highest BCUT2D eigenvalue weighted by atomic mass is 32.3. The van der Waals surface area contributed by atoms with Gasteiger partial charge in [0.1, 0.15) is 6.10 Å². The van der Waals surface area contributed by atoms with Crippen LogP contribution in [0.5, 0.6) is 0 Å². The van der Waals surface area contributed by atoms with Gasteiger partial charge in [-0.05, 0) is 80.0 Å². The van der Waals surface area contributed by atoms with Crippen LogP contribution in [0.1, 0.15) is 100 Å². The van der Waals surface area contributed by atoms with E-state index < -0.39 is 50.9 Å². The van der Waals surface area contributed by atoms with Gasteiger partial charge in [0.15, 0.2) is 6.10 Å². The first-order valence-corrected chi connectivity index (χ1v) is 16.6. The van der Waals surface area contributed by atoms with Crippen LogP contribution in [-0.2, 0) is 28.9 Å². The number of ketones is 1. The molecule has 8 nitrogen and oxygen atoms in total. The Bertz CT molecular complexity index is 1230. The summed E-state index contributed by atoms with van der Waals surface area (Å²) in [5, 5.41) is 11.2. The molecule has 41 heavy (non-hydrogen) atoms. The van der Waals surface area contributed by atoms with Gasteiger partial charge in [0.05, 0.1) is 6.10 Å². The molecule has 9 atom stereocenters. The van der Waals surface area contributed by atoms with E-state index in [0.29, 0.717) is 30.3 Å². The first kappa shape index (κ1) is 32.4. The number of allylic oxidation sites excluding steroid dienone is 2. The standard InChI is InChI=1S/C32H50O8S/c1-17(2)18(3)10-11-19(4)22-13-14-23-21-12-15-25-30(6,7)28(40-41(36,37)38)24(34)16-31(25,8)26(21)27(35)29(32(22,23)9)39-20(5)33/h17,19,22-25,28-29,34H,3,10-16H2,1-2,4-9H3,(H,36,37,38)/t19-,22-,23+,24?,25?,28?,29?,31+,32-/m1/s1. The predicted octanol–water partition coefficient (Wildman–Crippen LogP) is 5.85. The van der Waals surface area contributed by atoms with E-state index in [1.54, 1.807) is 0 Å². The monoisotopic (exact) mass is 594 g/mol. The SMILES string of the molecule is C=C(CC[C@@H](C)[C@H]1CC[C@H]2C3=C(C(=O)C(OC(C)=O)[C@]12C)[C@@]1(C)CC(O)C(OS(=O)(=O)O)C(C)(C)C1CC3)C(C)C. The number of aliphatic hydroxyl groups is 1. The van der Waals surface area contributed by atoms with Crippen LogP contribution in [0.15, 0.2) is 23.3 Å². The van der Waals surface area contributed by atoms with E-state index in [1.165, 1.54) is 12.5 Å². The van der Waals surface area contributed by atoms with E-state index in [-0.39, 0.29) is 30.0 Å². The van der Waals surface area contributed by atoms with E-state index in [0.717, 1.165) is 31.3 Å². The molecule has 0 aromatic rings. The van der Waals surface area contributed by atoms with Crippen LogP contribution >= 0.6 is 0 Å². The summed E-state index contributed by atoms with van der Waals surface area (Å²) in [5.41, 5.74) is 0.816. The molecule has 0 bridgehead atoms. The topological polar surface area (TPSA) is 127 Å². The molecule has 0 aromatic heterocycles. The third kappa shape index (κ3) is 5.38. The predicted molar refractivity (Wildman–Crippen MR) is 156 cm³/mol. The summed E-state index contributed by atoms with van der Waals surface area (Å²) in [6.45, 7) is 20.0. The lowest BCUT2D eigenvalue weighted by molar-refractivity contribution is -0.173. The fraction of sp³-hybridized carbons (Fsp3) is 0.812. The van der Waals surface area contributed by atoms with Crippen LogP contribution in [0, 0.1) is 45.8 Å². The Morgan fingerprint density at radius 3 is 2.32 bits per heavy atom. The average Bonchev–Trinajstić information content (AvgIpc) is 3.19. The molecular weight excluding hydrogens is 544 g/mol. The van der Waals surface area contributed by atoms with Crippen molar-refractivity contribution in [1.29, 1.82) is 0 Å². The summed E-state index contributed by atoms with van der Waals surface area (Å²) in [6.07, 6.45) is 1.93. The molecule has 4 rings (SSSR count). The highest BCUT2D eigenvalue weighted by Crippen LogP contribution is 2.68. The van der Waals surface area contributed by atoms with Gasteiger partial charge in [0, 0.05) is 23.3 Å². The van der Waals surface area contributed by atoms with Gasteiger partial charge in [0.25, 0.3) is 0 Å². The normalized spacial score (nSPS) is 39.1. The molecule has 0 radical (unpaired) electrons. The van der Waals surface area contributed by atoms with E-state index in [1.807, 2.05) is 20.8 Å². The first-order chi connectivity index (χ1) is 18.8. The maximum absolute atomic E-state index is 14.7. The second-order valence-corrected chi connectivity index (χ2v) is 15.8. The third-order valence-electron chi connectivity index (χ3n) is 11.7. The van der Waals surface area contributed by atoms with Crippen molar-refractivity contribution in [2.45, 2.75) is 119 Å². The van der Waals surface area contributed by atoms with E-state index >= 15 is 0 Å². The highest BCUT2D eigenvalue weighted by Gasteiger charge is 2.67. The minimum Gasteiger partial charge on any atom is -0.454 e. The number of ether oxygens (including phenoxy) is 1. The zero-order chi connectivity index (χ0) is 30.9. The number of carbonyl (C=O) groups excluding carboxylic acids is 2. The van der Waals surface area contributed by atoms with Gasteiger partial charge < -0.3 is 9.84 Å². The van der Waals surface area contributed by atoms with E-state index in [4.69, 9.17) is 8.92 Å². The lowest BCUT2D eigenvalue weighted by Crippen LogP contribution is -2.63. The molecule has 2 fully saturated rings. The maximum atomic E-state index is 14.7. The second-order valence-electron chi connectivity index (χ2n) is 14.7. The van der Waals surface area contributed by atoms with Gasteiger partial charge in [-0.15, -0.1) is 0 Å². The van der Waals surface area contributed by atoms with Gasteiger partial charge in [-0.2, -0.15) is 8.42 Å². The Morgan fingerprint density at radius 2 is 1.76 bits per heavy atom. The van der Waals surface area contributed by atoms with Crippen LogP contribution in [0.3, 0.4) is 0 Å². The molecule has 4 aliphatic rings. The Labute approximate surface area is 246 Å². The van der Waals surface area contributed by atoms with Crippen molar-refractivity contribution >= 4 is 22.2 Å². The number of Topliss-reactive ketones (excluding diaryl/α,β-unsaturated/α-hetero) is 1. The second kappa shape index (κ2) is 10.9. The zero-order valence-corrected chi connectivity index (χ0v) is 26.8. The lowest BCUT2D eigenvalue weighted by atomic mass is 9.44. The van der Waals surface area contributed by atoms with Crippen LogP contribution < -0.4 is 0 Å². The van der Waals surface area contributed by atoms with E-state index in [2.05, 4.69) is 34.3 Å². The molecule has 0 amide bonds. The number of carbonyl (C=O) groups is 2. The lowest BCUT2D eigenvalue weighted by Gasteiger charge is -2.61. The molecule has 2 saturated carbocycles. The largest absolute Gasteiger partial charge is 0.454 e. The first-order valence-electron chi connectivity index (χ1n) is 15.2. The summed E-state index contributed by atoms with van der Waals surface area (Å²) in [6, 6.07) is 0. The Hall–Kier alpha value is -1.55.